The Bertz CT molecular complexity index is 847. The number of nitrogens with one attached hydrogen (secondary N) is 1. The number of likely N-dealkylation sites (tertiary alicyclic amines) is 1. The fraction of sp³-hybridized carbons (Fsp3) is 0.682. The number of amides is 2. The van der Waals surface area contributed by atoms with E-state index < -0.39 is 0 Å². The van der Waals surface area contributed by atoms with Gasteiger partial charge in [-0.15, -0.1) is 0 Å². The molecule has 158 valence electrons. The van der Waals surface area contributed by atoms with Gasteiger partial charge in [0.15, 0.2) is 0 Å². The number of fused-ring (bicyclic) bond motifs is 4. The largest absolute Gasteiger partial charge is 0.375 e. The molecule has 1 N–H and O–H groups in total. The standard InChI is InChI=1S/C22H31N3O4/c1-22(2)11-17(8-9-29-22)23-19(26)6-7-20(27)24-12-15-10-16(14-24)18-4-3-5-21(28)25(18)13-15/h3-5,15-17H,6-14H2,1-2H3,(H,23,26)/t15-,16+,17-/m0/s1. The Morgan fingerprint density at radius 1 is 1.21 bits per heavy atom. The molecule has 0 aliphatic carbocycles. The fourth-order valence-electron chi connectivity index (χ4n) is 5.13. The number of ether oxygens (including phenoxy) is 1. The van der Waals surface area contributed by atoms with Gasteiger partial charge in [0.25, 0.3) is 5.56 Å². The molecule has 3 aliphatic rings. The summed E-state index contributed by atoms with van der Waals surface area (Å²) in [5.41, 5.74) is 0.867. The lowest BCUT2D eigenvalue weighted by molar-refractivity contribution is -0.136. The molecule has 0 unspecified atom stereocenters. The molecule has 4 heterocycles. The minimum absolute atomic E-state index is 0.0360. The quantitative estimate of drug-likeness (QED) is 0.832. The van der Waals surface area contributed by atoms with Crippen LogP contribution in [0, 0.1) is 5.92 Å². The number of carbonyl (C=O) groups is 2. The van der Waals surface area contributed by atoms with E-state index in [1.807, 2.05) is 29.4 Å². The van der Waals surface area contributed by atoms with Crippen molar-refractivity contribution in [1.82, 2.24) is 14.8 Å². The van der Waals surface area contributed by atoms with Crippen LogP contribution in [0.1, 0.15) is 57.6 Å². The molecule has 0 saturated carbocycles. The number of hydrogen-bond acceptors (Lipinski definition) is 4. The average molecular weight is 402 g/mol. The number of rotatable bonds is 4. The minimum atomic E-state index is -0.212. The number of aromatic nitrogens is 1. The number of piperidine rings is 1. The second kappa shape index (κ2) is 7.94. The second-order valence-corrected chi connectivity index (χ2v) is 9.36. The summed E-state index contributed by atoms with van der Waals surface area (Å²) >= 11 is 0. The Morgan fingerprint density at radius 3 is 2.83 bits per heavy atom. The molecule has 7 heteroatoms. The Kier molecular flexibility index (Phi) is 5.51. The third-order valence-corrected chi connectivity index (χ3v) is 6.46. The van der Waals surface area contributed by atoms with Gasteiger partial charge in [0.05, 0.1) is 5.60 Å². The van der Waals surface area contributed by atoms with Gasteiger partial charge in [-0.3, -0.25) is 14.4 Å². The highest BCUT2D eigenvalue weighted by molar-refractivity contribution is 5.84. The van der Waals surface area contributed by atoms with E-state index >= 15 is 0 Å². The van der Waals surface area contributed by atoms with E-state index in [0.29, 0.717) is 32.2 Å². The van der Waals surface area contributed by atoms with Gasteiger partial charge < -0.3 is 19.5 Å². The molecule has 29 heavy (non-hydrogen) atoms. The van der Waals surface area contributed by atoms with Crippen LogP contribution in [0.25, 0.3) is 0 Å². The molecule has 4 rings (SSSR count). The molecule has 2 saturated heterocycles. The van der Waals surface area contributed by atoms with Crippen molar-refractivity contribution >= 4 is 11.8 Å². The van der Waals surface area contributed by atoms with E-state index in [1.165, 1.54) is 0 Å². The van der Waals surface area contributed by atoms with Crippen molar-refractivity contribution in [1.29, 1.82) is 0 Å². The molecule has 1 aromatic rings. The molecule has 2 amide bonds. The molecule has 0 spiro atoms. The lowest BCUT2D eigenvalue weighted by Gasteiger charge is -2.42. The first-order chi connectivity index (χ1) is 13.8. The van der Waals surface area contributed by atoms with Crippen LogP contribution in [0.2, 0.25) is 0 Å². The zero-order valence-electron chi connectivity index (χ0n) is 17.4. The van der Waals surface area contributed by atoms with E-state index in [1.54, 1.807) is 12.1 Å². The van der Waals surface area contributed by atoms with Crippen LogP contribution in [0.3, 0.4) is 0 Å². The van der Waals surface area contributed by atoms with Crippen molar-refractivity contribution in [2.45, 2.75) is 70.1 Å². The van der Waals surface area contributed by atoms with Crippen LogP contribution in [0.15, 0.2) is 23.0 Å². The molecule has 3 aliphatic heterocycles. The van der Waals surface area contributed by atoms with Crippen molar-refractivity contribution < 1.29 is 14.3 Å². The van der Waals surface area contributed by atoms with E-state index in [2.05, 4.69) is 5.32 Å². The number of carbonyl (C=O) groups excluding carboxylic acids is 2. The summed E-state index contributed by atoms with van der Waals surface area (Å²) in [6, 6.07) is 5.52. The zero-order valence-corrected chi connectivity index (χ0v) is 17.4. The lowest BCUT2D eigenvalue weighted by atomic mass is 9.83. The maximum Gasteiger partial charge on any atom is 0.250 e. The van der Waals surface area contributed by atoms with Crippen molar-refractivity contribution in [2.24, 2.45) is 5.92 Å². The van der Waals surface area contributed by atoms with Gasteiger partial charge in [-0.2, -0.15) is 0 Å². The lowest BCUT2D eigenvalue weighted by Crippen LogP contribution is -2.49. The molecule has 0 radical (unpaired) electrons. The molecular weight excluding hydrogens is 370 g/mol. The van der Waals surface area contributed by atoms with Gasteiger partial charge in [-0.25, -0.2) is 0 Å². The summed E-state index contributed by atoms with van der Waals surface area (Å²) in [5, 5.41) is 3.06. The van der Waals surface area contributed by atoms with Crippen LogP contribution in [-0.4, -0.2) is 52.6 Å². The Labute approximate surface area is 171 Å². The number of nitrogens with zero attached hydrogens (tertiary/aromatic N) is 2. The summed E-state index contributed by atoms with van der Waals surface area (Å²) < 4.78 is 7.55. The van der Waals surface area contributed by atoms with Crippen LogP contribution in [0.5, 0.6) is 0 Å². The van der Waals surface area contributed by atoms with E-state index in [0.717, 1.165) is 25.0 Å². The third kappa shape index (κ3) is 4.55. The first-order valence-electron chi connectivity index (χ1n) is 10.7. The van der Waals surface area contributed by atoms with Gasteiger partial charge in [-0.1, -0.05) is 6.07 Å². The first-order valence-corrected chi connectivity index (χ1v) is 10.7. The van der Waals surface area contributed by atoms with Gasteiger partial charge in [0.2, 0.25) is 11.8 Å². The van der Waals surface area contributed by atoms with E-state index in [9.17, 15) is 14.4 Å². The van der Waals surface area contributed by atoms with Crippen molar-refractivity contribution in [3.8, 4) is 0 Å². The average Bonchev–Trinajstić information content (AvgIpc) is 2.66. The smallest absolute Gasteiger partial charge is 0.250 e. The highest BCUT2D eigenvalue weighted by Crippen LogP contribution is 2.35. The highest BCUT2D eigenvalue weighted by Gasteiger charge is 2.36. The summed E-state index contributed by atoms with van der Waals surface area (Å²) in [7, 11) is 0. The molecule has 3 atom stereocenters. The Morgan fingerprint density at radius 2 is 2.03 bits per heavy atom. The van der Waals surface area contributed by atoms with Crippen LogP contribution >= 0.6 is 0 Å². The molecule has 2 fully saturated rings. The monoisotopic (exact) mass is 401 g/mol. The molecule has 1 aromatic heterocycles. The Balaban J connectivity index is 1.30. The summed E-state index contributed by atoms with van der Waals surface area (Å²) in [4.78, 5) is 39.1. The molecule has 0 aromatic carbocycles. The molecule has 2 bridgehead atoms. The second-order valence-electron chi connectivity index (χ2n) is 9.36. The summed E-state index contributed by atoms with van der Waals surface area (Å²) in [6.07, 6.45) is 3.09. The predicted molar refractivity (Wildman–Crippen MR) is 109 cm³/mol. The van der Waals surface area contributed by atoms with Gasteiger partial charge in [0.1, 0.15) is 0 Å². The highest BCUT2D eigenvalue weighted by atomic mass is 16.5. The van der Waals surface area contributed by atoms with Crippen LogP contribution in [-0.2, 0) is 20.9 Å². The third-order valence-electron chi connectivity index (χ3n) is 6.46. The Hall–Kier alpha value is -2.15. The van der Waals surface area contributed by atoms with Gasteiger partial charge in [-0.05, 0) is 45.1 Å². The minimum Gasteiger partial charge on any atom is -0.375 e. The summed E-state index contributed by atoms with van der Waals surface area (Å²) in [5.74, 6) is 0.492. The predicted octanol–water partition coefficient (Wildman–Crippen LogP) is 1.65. The van der Waals surface area contributed by atoms with Crippen molar-refractivity contribution in [2.75, 3.05) is 19.7 Å². The summed E-state index contributed by atoms with van der Waals surface area (Å²) in [6.45, 7) is 6.70. The maximum atomic E-state index is 12.8. The van der Waals surface area contributed by atoms with Crippen molar-refractivity contribution in [3.63, 3.8) is 0 Å². The van der Waals surface area contributed by atoms with E-state index in [-0.39, 0.29) is 47.8 Å². The van der Waals surface area contributed by atoms with Gasteiger partial charge >= 0.3 is 0 Å². The van der Waals surface area contributed by atoms with Crippen LogP contribution in [0.4, 0.5) is 0 Å². The maximum absolute atomic E-state index is 12.8. The van der Waals surface area contributed by atoms with E-state index in [4.69, 9.17) is 4.74 Å². The number of pyridine rings is 1. The zero-order chi connectivity index (χ0) is 20.6. The van der Waals surface area contributed by atoms with Gasteiger partial charge in [0, 0.05) is 62.8 Å². The fourth-order valence-corrected chi connectivity index (χ4v) is 5.13. The van der Waals surface area contributed by atoms with Crippen LogP contribution < -0.4 is 10.9 Å². The normalized spacial score (nSPS) is 27.8. The topological polar surface area (TPSA) is 80.6 Å². The number of hydrogen-bond donors (Lipinski definition) is 1. The van der Waals surface area contributed by atoms with Crippen molar-refractivity contribution in [3.05, 3.63) is 34.2 Å². The SMILES string of the molecule is CC1(C)C[C@@H](NC(=O)CCC(=O)N2C[C@@H]3C[C@H](C2)c2cccc(=O)n2C3)CCO1. The first kappa shape index (κ1) is 20.1. The molecular formula is C22H31N3O4. The molecule has 7 nitrogen and oxygen atoms in total.